The number of carbonyl (C=O) groups is 1. The van der Waals surface area contributed by atoms with Crippen molar-refractivity contribution in [2.75, 3.05) is 18.0 Å². The zero-order chi connectivity index (χ0) is 19.3. The largest absolute Gasteiger partial charge is 0.507 e. The summed E-state index contributed by atoms with van der Waals surface area (Å²) in [6, 6.07) is 3.48. The van der Waals surface area contributed by atoms with Gasteiger partial charge in [-0.05, 0) is 37.1 Å². The van der Waals surface area contributed by atoms with Crippen LogP contribution in [0.2, 0.25) is 0 Å². The van der Waals surface area contributed by atoms with Gasteiger partial charge in [0.2, 0.25) is 5.91 Å². The van der Waals surface area contributed by atoms with E-state index in [1.165, 1.54) is 6.92 Å². The number of anilines is 1. The SMILES string of the molecule is Cc1cc(C(F)(F)F)cc(O)c1-c1cc2c(nn1)N([C@H]1CNC(=O)C1)CC2. The van der Waals surface area contributed by atoms with Gasteiger partial charge in [-0.2, -0.15) is 13.2 Å². The molecule has 0 bridgehead atoms. The van der Waals surface area contributed by atoms with Crippen molar-refractivity contribution in [3.8, 4) is 17.0 Å². The van der Waals surface area contributed by atoms with Crippen LogP contribution in [0, 0.1) is 6.92 Å². The number of phenolic OH excluding ortho intramolecular Hbond substituents is 1. The Bertz CT molecular complexity index is 906. The van der Waals surface area contributed by atoms with E-state index in [9.17, 15) is 23.1 Å². The number of aromatic nitrogens is 2. The quantitative estimate of drug-likeness (QED) is 0.839. The monoisotopic (exact) mass is 378 g/mol. The highest BCUT2D eigenvalue weighted by atomic mass is 19.4. The lowest BCUT2D eigenvalue weighted by Crippen LogP contribution is -2.35. The van der Waals surface area contributed by atoms with Crippen LogP contribution >= 0.6 is 0 Å². The molecule has 2 aliphatic heterocycles. The number of fused-ring (bicyclic) bond motifs is 1. The summed E-state index contributed by atoms with van der Waals surface area (Å²) < 4.78 is 38.7. The molecule has 1 fully saturated rings. The van der Waals surface area contributed by atoms with E-state index in [2.05, 4.69) is 15.5 Å². The molecule has 2 aliphatic rings. The average Bonchev–Trinajstić information content (AvgIpc) is 3.18. The second-order valence-electron chi connectivity index (χ2n) is 6.87. The number of rotatable bonds is 2. The molecule has 1 aromatic heterocycles. The van der Waals surface area contributed by atoms with E-state index in [1.807, 2.05) is 4.90 Å². The van der Waals surface area contributed by atoms with Gasteiger partial charge in [-0.3, -0.25) is 4.79 Å². The number of nitrogens with zero attached hydrogens (tertiary/aromatic N) is 3. The number of amides is 1. The summed E-state index contributed by atoms with van der Waals surface area (Å²) in [6.07, 6.45) is -3.43. The topological polar surface area (TPSA) is 78.4 Å². The molecule has 142 valence electrons. The number of alkyl halides is 3. The molecule has 0 unspecified atom stereocenters. The van der Waals surface area contributed by atoms with Crippen LogP contribution in [0.1, 0.15) is 23.1 Å². The lowest BCUT2D eigenvalue weighted by Gasteiger charge is -2.23. The van der Waals surface area contributed by atoms with Gasteiger partial charge in [0.15, 0.2) is 5.82 Å². The number of benzene rings is 1. The Morgan fingerprint density at radius 3 is 2.67 bits per heavy atom. The van der Waals surface area contributed by atoms with Gasteiger partial charge in [0, 0.05) is 30.6 Å². The maximum atomic E-state index is 12.9. The molecule has 4 rings (SSSR count). The van der Waals surface area contributed by atoms with E-state index in [0.29, 0.717) is 43.5 Å². The zero-order valence-electron chi connectivity index (χ0n) is 14.5. The number of aromatic hydroxyl groups is 1. The minimum atomic E-state index is -4.53. The number of aryl methyl sites for hydroxylation is 1. The number of halogens is 3. The van der Waals surface area contributed by atoms with Crippen molar-refractivity contribution < 1.29 is 23.1 Å². The maximum absolute atomic E-state index is 12.9. The maximum Gasteiger partial charge on any atom is 0.416 e. The third-order valence-corrected chi connectivity index (χ3v) is 5.04. The summed E-state index contributed by atoms with van der Waals surface area (Å²) in [6.45, 7) is 2.76. The molecule has 9 heteroatoms. The van der Waals surface area contributed by atoms with Gasteiger partial charge in [0.05, 0.1) is 17.3 Å². The second kappa shape index (κ2) is 6.11. The molecule has 0 spiro atoms. The van der Waals surface area contributed by atoms with Crippen molar-refractivity contribution in [3.05, 3.63) is 34.9 Å². The Labute approximate surface area is 153 Å². The number of nitrogens with one attached hydrogen (secondary N) is 1. The predicted octanol–water partition coefficient (Wildman–Crippen LogP) is 2.43. The minimum absolute atomic E-state index is 0.00308. The fourth-order valence-corrected chi connectivity index (χ4v) is 3.75. The molecule has 2 aromatic rings. The first-order valence-corrected chi connectivity index (χ1v) is 8.55. The van der Waals surface area contributed by atoms with Gasteiger partial charge in [0.1, 0.15) is 5.75 Å². The number of carbonyl (C=O) groups excluding carboxylic acids is 1. The van der Waals surface area contributed by atoms with Crippen LogP contribution in [-0.4, -0.2) is 40.3 Å². The van der Waals surface area contributed by atoms with Crippen LogP contribution < -0.4 is 10.2 Å². The summed E-state index contributed by atoms with van der Waals surface area (Å²) >= 11 is 0. The summed E-state index contributed by atoms with van der Waals surface area (Å²) in [5, 5.41) is 21.3. The van der Waals surface area contributed by atoms with E-state index >= 15 is 0 Å². The van der Waals surface area contributed by atoms with Gasteiger partial charge in [-0.1, -0.05) is 0 Å². The summed E-state index contributed by atoms with van der Waals surface area (Å²) in [5.74, 6) is 0.213. The van der Waals surface area contributed by atoms with Crippen molar-refractivity contribution in [3.63, 3.8) is 0 Å². The Balaban J connectivity index is 1.68. The van der Waals surface area contributed by atoms with E-state index in [1.54, 1.807) is 6.07 Å². The van der Waals surface area contributed by atoms with Crippen molar-refractivity contribution in [1.29, 1.82) is 0 Å². The zero-order valence-corrected chi connectivity index (χ0v) is 14.5. The van der Waals surface area contributed by atoms with E-state index in [4.69, 9.17) is 0 Å². The van der Waals surface area contributed by atoms with Gasteiger partial charge >= 0.3 is 6.18 Å². The Morgan fingerprint density at radius 2 is 2.04 bits per heavy atom. The lowest BCUT2D eigenvalue weighted by molar-refractivity contribution is -0.137. The van der Waals surface area contributed by atoms with E-state index in [-0.39, 0.29) is 23.1 Å². The molecular formula is C18H17F3N4O2. The normalized spacial score (nSPS) is 19.3. The molecule has 1 atom stereocenters. The minimum Gasteiger partial charge on any atom is -0.507 e. The molecule has 3 heterocycles. The van der Waals surface area contributed by atoms with Gasteiger partial charge in [-0.15, -0.1) is 10.2 Å². The first-order chi connectivity index (χ1) is 12.7. The molecule has 2 N–H and O–H groups in total. The molecule has 1 amide bonds. The van der Waals surface area contributed by atoms with Crippen molar-refractivity contribution >= 4 is 11.7 Å². The summed E-state index contributed by atoms with van der Waals surface area (Å²) in [7, 11) is 0. The van der Waals surface area contributed by atoms with Crippen LogP contribution in [0.4, 0.5) is 19.0 Å². The molecular weight excluding hydrogens is 361 g/mol. The molecule has 27 heavy (non-hydrogen) atoms. The number of hydrogen-bond donors (Lipinski definition) is 2. The van der Waals surface area contributed by atoms with E-state index < -0.39 is 17.5 Å². The third kappa shape index (κ3) is 3.07. The van der Waals surface area contributed by atoms with Gasteiger partial charge < -0.3 is 15.3 Å². The highest BCUT2D eigenvalue weighted by molar-refractivity contribution is 5.80. The Kier molecular flexibility index (Phi) is 3.97. The van der Waals surface area contributed by atoms with Crippen LogP contribution in [0.15, 0.2) is 18.2 Å². The standard InChI is InChI=1S/C18H17F3N4O2/c1-9-4-11(18(19,20)21)6-14(26)16(9)13-5-10-2-3-25(17(10)24-23-13)12-7-15(27)22-8-12/h4-6,12,26H,2-3,7-8H2,1H3,(H,22,27)/t12-/m1/s1. The number of phenols is 1. The van der Waals surface area contributed by atoms with Crippen LogP contribution in [-0.2, 0) is 17.4 Å². The van der Waals surface area contributed by atoms with E-state index in [0.717, 1.165) is 11.6 Å². The molecule has 0 radical (unpaired) electrons. The fraction of sp³-hybridized carbons (Fsp3) is 0.389. The third-order valence-electron chi connectivity index (χ3n) is 5.04. The predicted molar refractivity (Wildman–Crippen MR) is 91.3 cm³/mol. The highest BCUT2D eigenvalue weighted by Crippen LogP contribution is 2.39. The smallest absolute Gasteiger partial charge is 0.416 e. The van der Waals surface area contributed by atoms with Crippen molar-refractivity contribution in [2.45, 2.75) is 32.0 Å². The molecule has 1 saturated heterocycles. The summed E-state index contributed by atoms with van der Waals surface area (Å²) in [4.78, 5) is 13.5. The first-order valence-electron chi connectivity index (χ1n) is 8.55. The second-order valence-corrected chi connectivity index (χ2v) is 6.87. The van der Waals surface area contributed by atoms with Crippen molar-refractivity contribution in [2.24, 2.45) is 0 Å². The number of hydrogen-bond acceptors (Lipinski definition) is 5. The highest BCUT2D eigenvalue weighted by Gasteiger charge is 2.34. The Hall–Kier alpha value is -2.84. The van der Waals surface area contributed by atoms with Gasteiger partial charge in [0.25, 0.3) is 0 Å². The molecule has 6 nitrogen and oxygen atoms in total. The molecule has 1 aromatic carbocycles. The van der Waals surface area contributed by atoms with Crippen molar-refractivity contribution in [1.82, 2.24) is 15.5 Å². The summed E-state index contributed by atoms with van der Waals surface area (Å²) in [5.41, 5.74) is 0.851. The average molecular weight is 378 g/mol. The first kappa shape index (κ1) is 17.6. The molecule has 0 saturated carbocycles. The molecule has 0 aliphatic carbocycles. The lowest BCUT2D eigenvalue weighted by atomic mass is 9.99. The van der Waals surface area contributed by atoms with Gasteiger partial charge in [-0.25, -0.2) is 0 Å². The van der Waals surface area contributed by atoms with Crippen LogP contribution in [0.5, 0.6) is 5.75 Å². The Morgan fingerprint density at radius 1 is 1.26 bits per heavy atom. The van der Waals surface area contributed by atoms with Crippen LogP contribution in [0.3, 0.4) is 0 Å². The van der Waals surface area contributed by atoms with Crippen LogP contribution in [0.25, 0.3) is 11.3 Å². The fourth-order valence-electron chi connectivity index (χ4n) is 3.75.